The van der Waals surface area contributed by atoms with Crippen molar-refractivity contribution in [1.29, 1.82) is 0 Å². The number of fused-ring (bicyclic) bond motifs is 3. The summed E-state index contributed by atoms with van der Waals surface area (Å²) in [6.07, 6.45) is -0.259. The lowest BCUT2D eigenvalue weighted by Crippen LogP contribution is -2.67. The summed E-state index contributed by atoms with van der Waals surface area (Å²) in [5.41, 5.74) is -1.10. The van der Waals surface area contributed by atoms with Gasteiger partial charge in [0.1, 0.15) is 22.8 Å². The van der Waals surface area contributed by atoms with Crippen molar-refractivity contribution in [3.8, 4) is 5.75 Å². The molecule has 0 aromatic heterocycles. The van der Waals surface area contributed by atoms with E-state index >= 15 is 0 Å². The van der Waals surface area contributed by atoms with E-state index in [9.17, 15) is 39.9 Å². The van der Waals surface area contributed by atoms with E-state index in [0.29, 0.717) is 0 Å². The maximum absolute atomic E-state index is 13.7. The predicted molar refractivity (Wildman–Crippen MR) is 115 cm³/mol. The van der Waals surface area contributed by atoms with E-state index in [1.165, 1.54) is 38.1 Å². The zero-order valence-electron chi connectivity index (χ0n) is 18.0. The van der Waals surface area contributed by atoms with Gasteiger partial charge in [-0.3, -0.25) is 19.3 Å². The summed E-state index contributed by atoms with van der Waals surface area (Å²) in [5, 5.41) is 55.2. The second-order valence-electron chi connectivity index (χ2n) is 9.08. The Morgan fingerprint density at radius 2 is 1.79 bits per heavy atom. The van der Waals surface area contributed by atoms with Crippen LogP contribution in [0.2, 0.25) is 5.02 Å². The molecule has 1 amide bonds. The molecular weight excluding hydrogens is 456 g/mol. The Morgan fingerprint density at radius 1 is 1.18 bits per heavy atom. The Bertz CT molecular complexity index is 1200. The van der Waals surface area contributed by atoms with Crippen molar-refractivity contribution >= 4 is 34.8 Å². The zero-order chi connectivity index (χ0) is 24.8. The number of rotatable bonds is 2. The van der Waals surface area contributed by atoms with Gasteiger partial charge in [-0.2, -0.15) is 0 Å². The highest BCUT2D eigenvalue weighted by Crippen LogP contribution is 2.58. The smallest absolute Gasteiger partial charge is 0.255 e. The Hall–Kier alpha value is -2.92. The maximum atomic E-state index is 13.7. The number of phenolic OH excluding ortho intramolecular Hbond substituents is 1. The summed E-state index contributed by atoms with van der Waals surface area (Å²) in [5.74, 6) is -8.30. The number of halogens is 1. The SMILES string of the molecule is CN(C)[C@@H]1C(=O)C(C(N)=O)=C(O)[C@@]2(O)C(=O)C3=C(O)c4c(O)ccc(Cl)c4[C@@](C)(O)[C@@H]3C[C@H]12. The number of aliphatic hydroxyl groups is 4. The van der Waals surface area contributed by atoms with Gasteiger partial charge in [0.25, 0.3) is 5.91 Å². The van der Waals surface area contributed by atoms with E-state index in [1.807, 2.05) is 0 Å². The van der Waals surface area contributed by atoms with Gasteiger partial charge in [-0.05, 0) is 39.6 Å². The molecule has 0 spiro atoms. The van der Waals surface area contributed by atoms with Crippen LogP contribution in [0.15, 0.2) is 29.0 Å². The number of hydrogen-bond donors (Lipinski definition) is 6. The number of primary amides is 1. The van der Waals surface area contributed by atoms with Crippen LogP contribution in [0.4, 0.5) is 0 Å². The topological polar surface area (TPSA) is 182 Å². The van der Waals surface area contributed by atoms with Gasteiger partial charge in [0.05, 0.1) is 17.2 Å². The largest absolute Gasteiger partial charge is 0.508 e. The van der Waals surface area contributed by atoms with Gasteiger partial charge in [0.15, 0.2) is 11.4 Å². The quantitative estimate of drug-likeness (QED) is 0.325. The van der Waals surface area contributed by atoms with Crippen LogP contribution in [0.1, 0.15) is 24.5 Å². The highest BCUT2D eigenvalue weighted by molar-refractivity contribution is 6.32. The lowest BCUT2D eigenvalue weighted by Gasteiger charge is -2.53. The molecule has 5 atom stereocenters. The van der Waals surface area contributed by atoms with Gasteiger partial charge in [0, 0.05) is 28.0 Å². The molecule has 1 aromatic carbocycles. The number of aliphatic hydroxyl groups excluding tert-OH is 2. The van der Waals surface area contributed by atoms with Crippen molar-refractivity contribution in [3.63, 3.8) is 0 Å². The first-order chi connectivity index (χ1) is 15.2. The molecular formula is C22H23ClN2O8. The number of aromatic hydroxyl groups is 1. The van der Waals surface area contributed by atoms with Gasteiger partial charge < -0.3 is 31.3 Å². The molecule has 7 N–H and O–H groups in total. The molecule has 0 saturated heterocycles. The molecule has 11 heteroatoms. The molecule has 3 aliphatic rings. The number of ketones is 2. The van der Waals surface area contributed by atoms with E-state index in [0.717, 1.165) is 0 Å². The number of phenols is 1. The van der Waals surface area contributed by atoms with Crippen molar-refractivity contribution in [3.05, 3.63) is 45.2 Å². The number of hydrogen-bond acceptors (Lipinski definition) is 9. The van der Waals surface area contributed by atoms with Crippen LogP contribution in [0, 0.1) is 11.8 Å². The fourth-order valence-electron chi connectivity index (χ4n) is 5.58. The minimum absolute atomic E-state index is 0.0187. The maximum Gasteiger partial charge on any atom is 0.255 e. The van der Waals surface area contributed by atoms with Gasteiger partial charge in [-0.25, -0.2) is 0 Å². The number of Topliss-reactive ketones (excluding diaryl/α,β-unsaturated/α-hetero) is 2. The molecule has 0 bridgehead atoms. The van der Waals surface area contributed by atoms with Crippen molar-refractivity contribution in [2.75, 3.05) is 14.1 Å². The summed E-state index contributed by atoms with van der Waals surface area (Å²) in [7, 11) is 2.97. The molecule has 0 aliphatic heterocycles. The average Bonchev–Trinajstić information content (AvgIpc) is 2.69. The Morgan fingerprint density at radius 3 is 2.33 bits per heavy atom. The first-order valence-electron chi connectivity index (χ1n) is 10.1. The average molecular weight is 479 g/mol. The van der Waals surface area contributed by atoms with Crippen molar-refractivity contribution < 1.29 is 39.9 Å². The first-order valence-corrected chi connectivity index (χ1v) is 10.5. The molecule has 1 fully saturated rings. The molecule has 0 unspecified atom stereocenters. The van der Waals surface area contributed by atoms with Crippen LogP contribution in [0.5, 0.6) is 5.75 Å². The molecule has 1 saturated carbocycles. The molecule has 33 heavy (non-hydrogen) atoms. The highest BCUT2D eigenvalue weighted by atomic mass is 35.5. The molecule has 1 aromatic rings. The number of nitrogens with two attached hydrogens (primary N) is 1. The van der Waals surface area contributed by atoms with Gasteiger partial charge in [-0.15, -0.1) is 0 Å². The molecule has 10 nitrogen and oxygen atoms in total. The standard InChI is InChI=1S/C22H23ClN2O8/c1-21(32)7-6-8-15(25(2)3)17(28)13(20(24)31)19(30)22(8,33)18(29)11(7)16(27)12-10(26)5-4-9(23)14(12)21/h4-5,7-8,15,26-27,30,32-33H,6H2,1-3H3,(H2,24,31)/t7-,8-,15+,21+,22+/m1/s1. The van der Waals surface area contributed by atoms with E-state index in [4.69, 9.17) is 17.3 Å². The number of carbonyl (C=O) groups is 3. The summed E-state index contributed by atoms with van der Waals surface area (Å²) in [6, 6.07) is 1.24. The molecule has 3 aliphatic carbocycles. The molecule has 176 valence electrons. The van der Waals surface area contributed by atoms with Crippen molar-refractivity contribution in [2.24, 2.45) is 17.6 Å². The number of nitrogens with zero attached hydrogens (tertiary/aromatic N) is 1. The summed E-state index contributed by atoms with van der Waals surface area (Å²) in [6.45, 7) is 1.34. The van der Waals surface area contributed by atoms with Gasteiger partial charge in [-0.1, -0.05) is 11.6 Å². The van der Waals surface area contributed by atoms with E-state index in [2.05, 4.69) is 0 Å². The van der Waals surface area contributed by atoms with Crippen LogP contribution in [0.3, 0.4) is 0 Å². The molecule has 4 rings (SSSR count). The first kappa shape index (κ1) is 23.2. The fourth-order valence-corrected chi connectivity index (χ4v) is 5.93. The Balaban J connectivity index is 2.07. The van der Waals surface area contributed by atoms with E-state index in [-0.39, 0.29) is 22.6 Å². The van der Waals surface area contributed by atoms with Crippen LogP contribution >= 0.6 is 11.6 Å². The van der Waals surface area contributed by atoms with E-state index in [1.54, 1.807) is 0 Å². The Kier molecular flexibility index (Phi) is 4.96. The van der Waals surface area contributed by atoms with Crippen LogP contribution < -0.4 is 5.73 Å². The lowest BCUT2D eigenvalue weighted by molar-refractivity contribution is -0.159. The normalized spacial score (nSPS) is 33.7. The molecule has 0 heterocycles. The summed E-state index contributed by atoms with van der Waals surface area (Å²) >= 11 is 6.28. The number of benzene rings is 1. The van der Waals surface area contributed by atoms with E-state index < -0.39 is 75.0 Å². The van der Waals surface area contributed by atoms with Crippen molar-refractivity contribution in [2.45, 2.75) is 30.6 Å². The van der Waals surface area contributed by atoms with Crippen LogP contribution in [0.25, 0.3) is 5.76 Å². The third-order valence-electron chi connectivity index (χ3n) is 7.07. The zero-order valence-corrected chi connectivity index (χ0v) is 18.7. The fraction of sp³-hybridized carbons (Fsp3) is 0.409. The minimum atomic E-state index is -2.78. The minimum Gasteiger partial charge on any atom is -0.508 e. The van der Waals surface area contributed by atoms with Gasteiger partial charge >= 0.3 is 0 Å². The Labute approximate surface area is 193 Å². The highest BCUT2D eigenvalue weighted by Gasteiger charge is 2.66. The second-order valence-corrected chi connectivity index (χ2v) is 9.48. The molecule has 0 radical (unpaired) electrons. The predicted octanol–water partition coefficient (Wildman–Crippen LogP) is 0.282. The van der Waals surface area contributed by atoms with Gasteiger partial charge in [0.2, 0.25) is 5.78 Å². The summed E-state index contributed by atoms with van der Waals surface area (Å²) in [4.78, 5) is 40.1. The second kappa shape index (κ2) is 7.04. The lowest BCUT2D eigenvalue weighted by atomic mass is 9.54. The number of carbonyl (C=O) groups excluding carboxylic acids is 3. The third-order valence-corrected chi connectivity index (χ3v) is 7.39. The monoisotopic (exact) mass is 478 g/mol. The van der Waals surface area contributed by atoms with Crippen LogP contribution in [-0.2, 0) is 20.0 Å². The number of amides is 1. The van der Waals surface area contributed by atoms with Crippen molar-refractivity contribution in [1.82, 2.24) is 4.90 Å². The van der Waals surface area contributed by atoms with Crippen LogP contribution in [-0.4, -0.2) is 73.6 Å². The number of likely N-dealkylation sites (N-methyl/N-ethyl adjacent to an activating group) is 1. The third kappa shape index (κ3) is 2.75. The summed E-state index contributed by atoms with van der Waals surface area (Å²) < 4.78 is 0.